The molecule has 3 aromatic rings. The minimum absolute atomic E-state index is 0.0534. The van der Waals surface area contributed by atoms with E-state index in [1.54, 1.807) is 11.3 Å². The largest absolute Gasteiger partial charge is 0.460 e. The number of nitrogens with one attached hydrogen (secondary N) is 1. The summed E-state index contributed by atoms with van der Waals surface area (Å²) in [6, 6.07) is 10.2. The van der Waals surface area contributed by atoms with Gasteiger partial charge in [-0.1, -0.05) is 41.7 Å². The van der Waals surface area contributed by atoms with Gasteiger partial charge in [0, 0.05) is 31.8 Å². The van der Waals surface area contributed by atoms with Crippen LogP contribution in [0.3, 0.4) is 0 Å². The van der Waals surface area contributed by atoms with Gasteiger partial charge in [0.1, 0.15) is 12.1 Å². The molecule has 8 nitrogen and oxygen atoms in total. The number of hydrogen-bond donors (Lipinski definition) is 1. The van der Waals surface area contributed by atoms with Crippen molar-refractivity contribution in [3.63, 3.8) is 0 Å². The normalized spacial score (nSPS) is 21.2. The number of carbonyl (C=O) groups is 1. The maximum absolute atomic E-state index is 13.0. The molecule has 0 bridgehead atoms. The molecule has 1 atom stereocenters. The number of ether oxygens (including phenoxy) is 2. The van der Waals surface area contributed by atoms with Gasteiger partial charge in [0.15, 0.2) is 10.8 Å². The second kappa shape index (κ2) is 9.46. The third-order valence-corrected chi connectivity index (χ3v) is 7.87. The van der Waals surface area contributed by atoms with Gasteiger partial charge in [-0.2, -0.15) is 15.0 Å². The van der Waals surface area contributed by atoms with Crippen molar-refractivity contribution in [2.75, 3.05) is 24.7 Å². The van der Waals surface area contributed by atoms with Crippen molar-refractivity contribution in [3.8, 4) is 6.01 Å². The number of aromatic nitrogens is 3. The highest BCUT2D eigenvalue weighted by atomic mass is 32.1. The molecule has 2 aliphatic heterocycles. The van der Waals surface area contributed by atoms with E-state index in [4.69, 9.17) is 19.4 Å². The third-order valence-electron chi connectivity index (χ3n) is 6.76. The van der Waals surface area contributed by atoms with Crippen molar-refractivity contribution < 1.29 is 14.3 Å². The van der Waals surface area contributed by atoms with Crippen molar-refractivity contribution in [2.45, 2.75) is 63.1 Å². The fraction of sp³-hybridized carbons (Fsp3) is 0.520. The maximum atomic E-state index is 13.0. The predicted octanol–water partition coefficient (Wildman–Crippen LogP) is 3.81. The molecule has 34 heavy (non-hydrogen) atoms. The lowest BCUT2D eigenvalue weighted by Gasteiger charge is -2.23. The van der Waals surface area contributed by atoms with Crippen LogP contribution in [0.15, 0.2) is 30.3 Å². The Kier molecular flexibility index (Phi) is 6.05. The number of rotatable bonds is 7. The van der Waals surface area contributed by atoms with E-state index in [2.05, 4.69) is 15.2 Å². The Balaban J connectivity index is 1.23. The summed E-state index contributed by atoms with van der Waals surface area (Å²) in [6.07, 6.45) is 5.89. The fourth-order valence-corrected chi connectivity index (χ4v) is 5.89. The Morgan fingerprint density at radius 2 is 1.91 bits per heavy atom. The van der Waals surface area contributed by atoms with Gasteiger partial charge in [-0.15, -0.1) is 0 Å². The second-order valence-electron chi connectivity index (χ2n) is 9.30. The van der Waals surface area contributed by atoms with Gasteiger partial charge in [0.2, 0.25) is 5.91 Å². The zero-order valence-corrected chi connectivity index (χ0v) is 19.9. The molecule has 4 heterocycles. The molecule has 0 radical (unpaired) electrons. The molecule has 6 rings (SSSR count). The Labute approximate surface area is 202 Å². The van der Waals surface area contributed by atoms with Crippen LogP contribution in [-0.4, -0.2) is 52.8 Å². The highest BCUT2D eigenvalue weighted by Crippen LogP contribution is 2.45. The van der Waals surface area contributed by atoms with Gasteiger partial charge in [-0.25, -0.2) is 0 Å². The zero-order valence-electron chi connectivity index (χ0n) is 19.1. The minimum Gasteiger partial charge on any atom is -0.460 e. The van der Waals surface area contributed by atoms with Crippen LogP contribution in [0.5, 0.6) is 6.01 Å². The van der Waals surface area contributed by atoms with Gasteiger partial charge in [-0.3, -0.25) is 4.79 Å². The van der Waals surface area contributed by atoms with Crippen LogP contribution >= 0.6 is 11.3 Å². The number of hydrogen-bond acceptors (Lipinski definition) is 8. The number of fused-ring (bicyclic) bond motifs is 1. The van der Waals surface area contributed by atoms with Crippen molar-refractivity contribution in [1.82, 2.24) is 20.3 Å². The lowest BCUT2D eigenvalue weighted by molar-refractivity contribution is -0.122. The number of nitrogens with zero attached hydrogens (tertiary/aromatic N) is 4. The van der Waals surface area contributed by atoms with Gasteiger partial charge in [0.05, 0.1) is 23.6 Å². The van der Waals surface area contributed by atoms with E-state index >= 15 is 0 Å². The van der Waals surface area contributed by atoms with E-state index in [-0.39, 0.29) is 18.1 Å². The molecule has 0 spiro atoms. The summed E-state index contributed by atoms with van der Waals surface area (Å²) in [5.41, 5.74) is 2.84. The lowest BCUT2D eigenvalue weighted by atomic mass is 10.2. The van der Waals surface area contributed by atoms with Crippen molar-refractivity contribution >= 4 is 32.7 Å². The first-order chi connectivity index (χ1) is 16.7. The third kappa shape index (κ3) is 4.59. The summed E-state index contributed by atoms with van der Waals surface area (Å²) in [7, 11) is 0. The van der Waals surface area contributed by atoms with Crippen molar-refractivity contribution in [3.05, 3.63) is 41.6 Å². The van der Waals surface area contributed by atoms with Crippen LogP contribution in [0, 0.1) is 0 Å². The molecule has 1 saturated carbocycles. The fourth-order valence-electron chi connectivity index (χ4n) is 4.74. The highest BCUT2D eigenvalue weighted by molar-refractivity contribution is 7.22. The average molecular weight is 480 g/mol. The first kappa shape index (κ1) is 21.7. The highest BCUT2D eigenvalue weighted by Gasteiger charge is 2.35. The van der Waals surface area contributed by atoms with Gasteiger partial charge < -0.3 is 19.7 Å². The summed E-state index contributed by atoms with van der Waals surface area (Å²) in [5.74, 6) is 0.511. The number of anilines is 1. The van der Waals surface area contributed by atoms with Gasteiger partial charge in [-0.05, 0) is 31.2 Å². The topological polar surface area (TPSA) is 89.5 Å². The van der Waals surface area contributed by atoms with Crippen LogP contribution in [-0.2, 0) is 16.1 Å². The van der Waals surface area contributed by atoms with Crippen LogP contribution in [0.2, 0.25) is 0 Å². The first-order valence-corrected chi connectivity index (χ1v) is 13.1. The molecule has 1 aromatic carbocycles. The number of benzene rings is 1. The summed E-state index contributed by atoms with van der Waals surface area (Å²) in [4.78, 5) is 29.6. The zero-order chi connectivity index (χ0) is 22.9. The SMILES string of the molecule is O=C(NCc1ccccc1)[C@H]1CCCN1c1nc2nc(OC3CCOCC3)nc(C3CC3)c2s1. The second-order valence-corrected chi connectivity index (χ2v) is 10.3. The molecule has 1 N–H and O–H groups in total. The van der Waals surface area contributed by atoms with E-state index < -0.39 is 0 Å². The van der Waals surface area contributed by atoms with E-state index in [1.165, 1.54) is 0 Å². The average Bonchev–Trinajstić information content (AvgIpc) is 3.43. The molecule has 3 fully saturated rings. The molecule has 0 unspecified atom stereocenters. The predicted molar refractivity (Wildman–Crippen MR) is 130 cm³/mol. The number of carbonyl (C=O) groups excluding carboxylic acids is 1. The van der Waals surface area contributed by atoms with Crippen LogP contribution in [0.1, 0.15) is 55.7 Å². The summed E-state index contributed by atoms with van der Waals surface area (Å²) < 4.78 is 12.6. The molecule has 1 aliphatic carbocycles. The van der Waals surface area contributed by atoms with Crippen molar-refractivity contribution in [1.29, 1.82) is 0 Å². The molecule has 2 saturated heterocycles. The standard InChI is InChI=1S/C25H29N5O3S/c31-23(26-15-16-5-2-1-3-6-16)19-7-4-12-30(19)25-29-22-21(34-25)20(17-8-9-17)27-24(28-22)33-18-10-13-32-14-11-18/h1-3,5-6,17-19H,4,7-15H2,(H,26,31)/t19-/m1/s1. The Morgan fingerprint density at radius 3 is 2.71 bits per heavy atom. The van der Waals surface area contributed by atoms with Crippen LogP contribution in [0.25, 0.3) is 10.3 Å². The number of amides is 1. The van der Waals surface area contributed by atoms with Crippen molar-refractivity contribution in [2.24, 2.45) is 0 Å². The van der Waals surface area contributed by atoms with Gasteiger partial charge >= 0.3 is 6.01 Å². The Bertz CT molecular complexity index is 1160. The summed E-state index contributed by atoms with van der Waals surface area (Å²) in [5, 5.41) is 3.96. The molecule has 178 valence electrons. The Hall–Kier alpha value is -2.78. The lowest BCUT2D eigenvalue weighted by Crippen LogP contribution is -2.43. The molecular weight excluding hydrogens is 450 g/mol. The molecule has 1 amide bonds. The quantitative estimate of drug-likeness (QED) is 0.551. The summed E-state index contributed by atoms with van der Waals surface area (Å²) in [6.45, 7) is 2.78. The smallest absolute Gasteiger partial charge is 0.319 e. The first-order valence-electron chi connectivity index (χ1n) is 12.3. The molecule has 9 heteroatoms. The Morgan fingerprint density at radius 1 is 1.09 bits per heavy atom. The van der Waals surface area contributed by atoms with Crippen LogP contribution < -0.4 is 15.0 Å². The maximum Gasteiger partial charge on any atom is 0.319 e. The van der Waals surface area contributed by atoms with E-state index in [1.807, 2.05) is 30.3 Å². The molecule has 2 aromatic heterocycles. The van der Waals surface area contributed by atoms with E-state index in [0.29, 0.717) is 37.3 Å². The van der Waals surface area contributed by atoms with Crippen LogP contribution in [0.4, 0.5) is 5.13 Å². The van der Waals surface area contributed by atoms with E-state index in [0.717, 1.165) is 66.2 Å². The monoisotopic (exact) mass is 479 g/mol. The van der Waals surface area contributed by atoms with Gasteiger partial charge in [0.25, 0.3) is 0 Å². The number of thiazole rings is 1. The molecule has 3 aliphatic rings. The van der Waals surface area contributed by atoms with E-state index in [9.17, 15) is 4.79 Å². The molecular formula is C25H29N5O3S. The summed E-state index contributed by atoms with van der Waals surface area (Å²) >= 11 is 1.61. The minimum atomic E-state index is -0.209.